The number of hydrogen-bond acceptors (Lipinski definition) is 2. The van der Waals surface area contributed by atoms with E-state index in [1.165, 1.54) is 0 Å². The average molecular weight is 253 g/mol. The lowest BCUT2D eigenvalue weighted by atomic mass is 10.1. The van der Waals surface area contributed by atoms with Crippen molar-refractivity contribution < 1.29 is 0 Å². The molecule has 1 atom stereocenters. The van der Waals surface area contributed by atoms with Gasteiger partial charge in [-0.1, -0.05) is 27.4 Å². The Morgan fingerprint density at radius 2 is 1.71 bits per heavy atom. The molecule has 0 bridgehead atoms. The van der Waals surface area contributed by atoms with Crippen LogP contribution in [0.25, 0.3) is 0 Å². The highest BCUT2D eigenvalue weighted by atomic mass is 31.1. The van der Waals surface area contributed by atoms with E-state index in [-0.39, 0.29) is 13.3 Å². The van der Waals surface area contributed by atoms with Crippen molar-refractivity contribution in [1.82, 2.24) is 9.80 Å². The molecule has 17 heavy (non-hydrogen) atoms. The van der Waals surface area contributed by atoms with E-state index in [4.69, 9.17) is 0 Å². The molecule has 1 rings (SSSR count). The van der Waals surface area contributed by atoms with Crippen LogP contribution in [-0.2, 0) is 0 Å². The smallest absolute Gasteiger partial charge is 0.172 e. The summed E-state index contributed by atoms with van der Waals surface area (Å²) in [5.74, 6) is 0. The Bertz CT molecular complexity index is 278. The van der Waals surface area contributed by atoms with E-state index >= 15 is 0 Å². The van der Waals surface area contributed by atoms with Gasteiger partial charge in [-0.25, -0.2) is 0 Å². The van der Waals surface area contributed by atoms with Gasteiger partial charge in [0.2, 0.25) is 0 Å². The van der Waals surface area contributed by atoms with Crippen molar-refractivity contribution in [1.29, 1.82) is 0 Å². The topological polar surface area (TPSA) is 6.48 Å². The predicted octanol–water partition coefficient (Wildman–Crippen LogP) is 3.32. The Kier molecular flexibility index (Phi) is 4.57. The molecule has 1 radical (unpaired) electrons. The fourth-order valence-corrected chi connectivity index (χ4v) is 2.52. The zero-order valence-electron chi connectivity index (χ0n) is 12.5. The summed E-state index contributed by atoms with van der Waals surface area (Å²) in [6.07, 6.45) is 5.50. The molecular formula is C13H27BN2P. The van der Waals surface area contributed by atoms with E-state index in [0.717, 1.165) is 13.1 Å². The van der Waals surface area contributed by atoms with Crippen molar-refractivity contribution >= 4 is 14.8 Å². The minimum Gasteiger partial charge on any atom is -0.366 e. The third kappa shape index (κ3) is 4.54. The Hall–Kier alpha value is -0.165. The summed E-state index contributed by atoms with van der Waals surface area (Å²) in [7, 11) is 0.000785. The predicted molar refractivity (Wildman–Crippen MR) is 80.7 cm³/mol. The van der Waals surface area contributed by atoms with Crippen molar-refractivity contribution in [2.24, 2.45) is 0 Å². The third-order valence-electron chi connectivity index (χ3n) is 3.30. The maximum absolute atomic E-state index is 2.49. The first-order valence-electron chi connectivity index (χ1n) is 6.36. The van der Waals surface area contributed by atoms with Gasteiger partial charge >= 0.3 is 0 Å². The Balaban J connectivity index is 2.36. The largest absolute Gasteiger partial charge is 0.366 e. The van der Waals surface area contributed by atoms with Crippen LogP contribution < -0.4 is 0 Å². The lowest BCUT2D eigenvalue weighted by molar-refractivity contribution is 0.170. The second-order valence-electron chi connectivity index (χ2n) is 6.82. The quantitative estimate of drug-likeness (QED) is 0.562. The Morgan fingerprint density at radius 3 is 2.12 bits per heavy atom. The molecule has 97 valence electrons. The summed E-state index contributed by atoms with van der Waals surface area (Å²) in [6.45, 7) is 19.6. The second kappa shape index (κ2) is 5.22. The van der Waals surface area contributed by atoms with Gasteiger partial charge in [-0.15, -0.1) is 7.80 Å². The molecule has 0 aromatic rings. The monoisotopic (exact) mass is 253 g/mol. The van der Waals surface area contributed by atoms with Gasteiger partial charge in [0.15, 0.2) is 7.00 Å². The van der Waals surface area contributed by atoms with Gasteiger partial charge in [0.05, 0.1) is 6.67 Å². The van der Waals surface area contributed by atoms with Crippen LogP contribution in [-0.4, -0.2) is 47.3 Å². The summed E-state index contributed by atoms with van der Waals surface area (Å²) in [5, 5.41) is 0.433. The molecule has 0 fully saturated rings. The molecule has 0 aliphatic carbocycles. The number of nitrogens with zero attached hydrogens (tertiary/aromatic N) is 2. The van der Waals surface area contributed by atoms with Gasteiger partial charge in [-0.2, -0.15) is 0 Å². The molecule has 2 nitrogen and oxygen atoms in total. The molecule has 4 heteroatoms. The minimum absolute atomic E-state index is 0.000785. The summed E-state index contributed by atoms with van der Waals surface area (Å²) in [6, 6.07) is 0. The van der Waals surface area contributed by atoms with Crippen LogP contribution in [0.1, 0.15) is 41.5 Å². The van der Waals surface area contributed by atoms with Gasteiger partial charge in [0, 0.05) is 17.9 Å². The molecule has 0 saturated carbocycles. The molecular weight excluding hydrogens is 226 g/mol. The van der Waals surface area contributed by atoms with Gasteiger partial charge < -0.3 is 9.80 Å². The van der Waals surface area contributed by atoms with Crippen LogP contribution in [0.3, 0.4) is 0 Å². The lowest BCUT2D eigenvalue weighted by Crippen LogP contribution is -2.40. The zero-order valence-corrected chi connectivity index (χ0v) is 13.4. The van der Waals surface area contributed by atoms with Crippen LogP contribution in [0.15, 0.2) is 12.4 Å². The Morgan fingerprint density at radius 1 is 1.12 bits per heavy atom. The fourth-order valence-electron chi connectivity index (χ4n) is 1.52. The van der Waals surface area contributed by atoms with Crippen LogP contribution in [0, 0.1) is 0 Å². The fraction of sp³-hybridized carbons (Fsp3) is 0.846. The van der Waals surface area contributed by atoms with E-state index in [1.54, 1.807) is 0 Å². The van der Waals surface area contributed by atoms with Crippen LogP contribution >= 0.6 is 7.80 Å². The third-order valence-corrected chi connectivity index (χ3v) is 6.13. The average Bonchev–Trinajstić information content (AvgIpc) is 2.59. The van der Waals surface area contributed by atoms with Crippen molar-refractivity contribution in [3.63, 3.8) is 0 Å². The number of hydrogen-bond donors (Lipinski definition) is 0. The molecule has 0 N–H and O–H groups in total. The molecule has 1 aliphatic rings. The van der Waals surface area contributed by atoms with Crippen molar-refractivity contribution in [3.05, 3.63) is 12.4 Å². The molecule has 0 amide bonds. The maximum Gasteiger partial charge on any atom is 0.172 e. The van der Waals surface area contributed by atoms with E-state index in [1.807, 2.05) is 0 Å². The van der Waals surface area contributed by atoms with Crippen molar-refractivity contribution in [3.8, 4) is 0 Å². The first kappa shape index (κ1) is 14.9. The molecule has 0 aromatic heterocycles. The standard InChI is InChI=1S/C13H27BN2P/c1-12(2,3)16-9-8-15(11-16)10-14-17(7)13(4,5)6/h8-9H,10-11H2,1-7H3. The molecule has 1 heterocycles. The number of rotatable bonds is 3. The normalized spacial score (nSPS) is 18.8. The summed E-state index contributed by atoms with van der Waals surface area (Å²) in [5.41, 5.74) is 0.228. The van der Waals surface area contributed by atoms with E-state index < -0.39 is 0 Å². The van der Waals surface area contributed by atoms with E-state index in [0.29, 0.717) is 5.16 Å². The highest BCUT2D eigenvalue weighted by molar-refractivity contribution is 7.86. The van der Waals surface area contributed by atoms with Crippen molar-refractivity contribution in [2.75, 3.05) is 19.8 Å². The van der Waals surface area contributed by atoms with Gasteiger partial charge in [-0.05, 0) is 32.4 Å². The first-order chi connectivity index (χ1) is 7.60. The summed E-state index contributed by atoms with van der Waals surface area (Å²) < 4.78 is 0. The molecule has 1 aliphatic heterocycles. The Labute approximate surface area is 109 Å². The van der Waals surface area contributed by atoms with Crippen molar-refractivity contribution in [2.45, 2.75) is 52.2 Å². The highest BCUT2D eigenvalue weighted by Gasteiger charge is 2.25. The summed E-state index contributed by atoms with van der Waals surface area (Å²) in [4.78, 5) is 4.77. The van der Waals surface area contributed by atoms with Crippen LogP contribution in [0.5, 0.6) is 0 Å². The van der Waals surface area contributed by atoms with Gasteiger partial charge in [-0.3, -0.25) is 0 Å². The second-order valence-corrected chi connectivity index (χ2v) is 9.74. The molecule has 0 aromatic carbocycles. The van der Waals surface area contributed by atoms with Crippen LogP contribution in [0.2, 0.25) is 0 Å². The summed E-state index contributed by atoms with van der Waals surface area (Å²) >= 11 is 0. The first-order valence-corrected chi connectivity index (χ1v) is 8.22. The highest BCUT2D eigenvalue weighted by Crippen LogP contribution is 2.43. The van der Waals surface area contributed by atoms with E-state index in [9.17, 15) is 0 Å². The molecule has 0 spiro atoms. The van der Waals surface area contributed by atoms with Gasteiger partial charge in [0.1, 0.15) is 0 Å². The minimum atomic E-state index is 0.000785. The van der Waals surface area contributed by atoms with Gasteiger partial charge in [0.25, 0.3) is 0 Å². The van der Waals surface area contributed by atoms with E-state index in [2.05, 4.69) is 77.4 Å². The molecule has 1 unspecified atom stereocenters. The zero-order chi connectivity index (χ0) is 13.3. The van der Waals surface area contributed by atoms with Crippen LogP contribution in [0.4, 0.5) is 0 Å². The molecule has 0 saturated heterocycles. The lowest BCUT2D eigenvalue weighted by Gasteiger charge is -2.34. The maximum atomic E-state index is 2.49. The SMILES string of the molecule is CP([B]CN1C=CN(C(C)(C)C)C1)C(C)(C)C.